The van der Waals surface area contributed by atoms with E-state index in [2.05, 4.69) is 5.32 Å². The van der Waals surface area contributed by atoms with E-state index in [1.807, 2.05) is 37.3 Å². The van der Waals surface area contributed by atoms with Gasteiger partial charge in [-0.3, -0.25) is 4.79 Å². The Morgan fingerprint density at radius 3 is 2.57 bits per heavy atom. The summed E-state index contributed by atoms with van der Waals surface area (Å²) in [6, 6.07) is 14.7. The van der Waals surface area contributed by atoms with Crippen LogP contribution >= 0.6 is 23.2 Å². The van der Waals surface area contributed by atoms with E-state index in [9.17, 15) is 4.79 Å². The van der Waals surface area contributed by atoms with Crippen molar-refractivity contribution in [2.75, 3.05) is 6.61 Å². The van der Waals surface area contributed by atoms with Gasteiger partial charge in [0.25, 0.3) is 5.91 Å². The van der Waals surface area contributed by atoms with Crippen LogP contribution in [-0.4, -0.2) is 12.5 Å². The number of halogens is 2. The van der Waals surface area contributed by atoms with Gasteiger partial charge in [0.2, 0.25) is 0 Å². The Labute approximate surface area is 133 Å². The molecule has 2 aromatic carbocycles. The van der Waals surface area contributed by atoms with Gasteiger partial charge in [0, 0.05) is 0 Å². The lowest BCUT2D eigenvalue weighted by Crippen LogP contribution is -2.31. The molecule has 0 aliphatic heterocycles. The van der Waals surface area contributed by atoms with Crippen molar-refractivity contribution in [1.82, 2.24) is 5.32 Å². The van der Waals surface area contributed by atoms with Crippen LogP contribution in [0.4, 0.5) is 0 Å². The highest BCUT2D eigenvalue weighted by molar-refractivity contribution is 6.42. The second-order valence-corrected chi connectivity index (χ2v) is 5.33. The Bertz CT molecular complexity index is 617. The molecule has 0 saturated carbocycles. The van der Waals surface area contributed by atoms with Gasteiger partial charge in [-0.2, -0.15) is 0 Å². The minimum absolute atomic E-state index is 0.0860. The van der Waals surface area contributed by atoms with Crippen LogP contribution in [0, 0.1) is 0 Å². The van der Waals surface area contributed by atoms with Gasteiger partial charge >= 0.3 is 0 Å². The lowest BCUT2D eigenvalue weighted by Gasteiger charge is -2.15. The summed E-state index contributed by atoms with van der Waals surface area (Å²) < 4.78 is 5.39. The summed E-state index contributed by atoms with van der Waals surface area (Å²) >= 11 is 11.9. The molecular formula is C16H15Cl2NO2. The first-order chi connectivity index (χ1) is 10.1. The first kappa shape index (κ1) is 15.7. The Balaban J connectivity index is 1.89. The van der Waals surface area contributed by atoms with Crippen molar-refractivity contribution in [1.29, 1.82) is 0 Å². The van der Waals surface area contributed by atoms with E-state index in [0.29, 0.717) is 15.8 Å². The van der Waals surface area contributed by atoms with Crippen LogP contribution in [0.1, 0.15) is 18.5 Å². The molecule has 0 aliphatic carbocycles. The number of rotatable bonds is 5. The van der Waals surface area contributed by atoms with Crippen molar-refractivity contribution >= 4 is 29.1 Å². The molecule has 21 heavy (non-hydrogen) atoms. The minimum Gasteiger partial charge on any atom is -0.482 e. The topological polar surface area (TPSA) is 38.3 Å². The molecule has 110 valence electrons. The first-order valence-electron chi connectivity index (χ1n) is 6.49. The molecule has 0 saturated heterocycles. The van der Waals surface area contributed by atoms with E-state index in [1.54, 1.807) is 18.2 Å². The van der Waals surface area contributed by atoms with Gasteiger partial charge < -0.3 is 10.1 Å². The standard InChI is InChI=1S/C16H15Cl2NO2/c1-11(12-6-3-2-4-7-12)19-15(20)10-21-14-9-5-8-13(17)16(14)18/h2-9,11H,10H2,1H3,(H,19,20)/t11-/m1/s1. The number of carbonyl (C=O) groups excluding carboxylic acids is 1. The number of hydrogen-bond acceptors (Lipinski definition) is 2. The summed E-state index contributed by atoms with van der Waals surface area (Å²) in [6.45, 7) is 1.80. The molecule has 0 spiro atoms. The molecule has 0 heterocycles. The summed E-state index contributed by atoms with van der Waals surface area (Å²) in [6.07, 6.45) is 0. The molecule has 0 aliphatic rings. The van der Waals surface area contributed by atoms with Gasteiger partial charge in [-0.25, -0.2) is 0 Å². The Morgan fingerprint density at radius 1 is 1.14 bits per heavy atom. The first-order valence-corrected chi connectivity index (χ1v) is 7.24. The number of ether oxygens (including phenoxy) is 1. The van der Waals surface area contributed by atoms with E-state index in [0.717, 1.165) is 5.56 Å². The SMILES string of the molecule is C[C@@H](NC(=O)COc1cccc(Cl)c1Cl)c1ccccc1. The third-order valence-corrected chi connectivity index (χ3v) is 3.75. The van der Waals surface area contributed by atoms with Crippen LogP contribution in [0.25, 0.3) is 0 Å². The average molecular weight is 324 g/mol. The summed E-state index contributed by atoms with van der Waals surface area (Å²) in [7, 11) is 0. The van der Waals surface area contributed by atoms with Gasteiger partial charge in [-0.15, -0.1) is 0 Å². The van der Waals surface area contributed by atoms with E-state index >= 15 is 0 Å². The fraction of sp³-hybridized carbons (Fsp3) is 0.188. The van der Waals surface area contributed by atoms with Gasteiger partial charge in [0.05, 0.1) is 11.1 Å². The third-order valence-electron chi connectivity index (χ3n) is 2.95. The summed E-state index contributed by atoms with van der Waals surface area (Å²) in [5.41, 5.74) is 1.03. The molecule has 1 amide bonds. The molecule has 2 aromatic rings. The van der Waals surface area contributed by atoms with Crippen LogP contribution in [0.3, 0.4) is 0 Å². The fourth-order valence-electron chi connectivity index (χ4n) is 1.85. The molecule has 0 aromatic heterocycles. The summed E-state index contributed by atoms with van der Waals surface area (Å²) in [4.78, 5) is 11.9. The zero-order valence-corrected chi connectivity index (χ0v) is 13.0. The van der Waals surface area contributed by atoms with Crippen molar-refractivity contribution in [3.63, 3.8) is 0 Å². The highest BCUT2D eigenvalue weighted by Crippen LogP contribution is 2.31. The number of carbonyl (C=O) groups is 1. The molecular weight excluding hydrogens is 309 g/mol. The fourth-order valence-corrected chi connectivity index (χ4v) is 2.19. The van der Waals surface area contributed by atoms with Crippen molar-refractivity contribution in [2.45, 2.75) is 13.0 Å². The van der Waals surface area contributed by atoms with E-state index in [1.165, 1.54) is 0 Å². The smallest absolute Gasteiger partial charge is 0.258 e. The number of benzene rings is 2. The minimum atomic E-state index is -0.220. The monoisotopic (exact) mass is 323 g/mol. The van der Waals surface area contributed by atoms with Gasteiger partial charge in [-0.05, 0) is 24.6 Å². The van der Waals surface area contributed by atoms with Crippen LogP contribution in [-0.2, 0) is 4.79 Å². The van der Waals surface area contributed by atoms with Crippen LogP contribution in [0.15, 0.2) is 48.5 Å². The van der Waals surface area contributed by atoms with E-state index < -0.39 is 0 Å². The second-order valence-electron chi connectivity index (χ2n) is 4.54. The molecule has 0 radical (unpaired) electrons. The zero-order valence-electron chi connectivity index (χ0n) is 11.5. The average Bonchev–Trinajstić information content (AvgIpc) is 2.49. The van der Waals surface area contributed by atoms with Crippen LogP contribution in [0.2, 0.25) is 10.0 Å². The van der Waals surface area contributed by atoms with Crippen molar-refractivity contribution in [3.8, 4) is 5.75 Å². The molecule has 3 nitrogen and oxygen atoms in total. The maximum Gasteiger partial charge on any atom is 0.258 e. The van der Waals surface area contributed by atoms with E-state index in [4.69, 9.17) is 27.9 Å². The Kier molecular flexibility index (Phi) is 5.48. The lowest BCUT2D eigenvalue weighted by molar-refractivity contribution is -0.123. The van der Waals surface area contributed by atoms with Gasteiger partial charge in [0.15, 0.2) is 6.61 Å². The maximum absolute atomic E-state index is 11.9. The highest BCUT2D eigenvalue weighted by Gasteiger charge is 2.11. The normalized spacial score (nSPS) is 11.8. The Morgan fingerprint density at radius 2 is 1.86 bits per heavy atom. The molecule has 5 heteroatoms. The van der Waals surface area contributed by atoms with Crippen molar-refractivity contribution in [2.24, 2.45) is 0 Å². The number of amides is 1. The zero-order chi connectivity index (χ0) is 15.2. The molecule has 1 N–H and O–H groups in total. The molecule has 0 bridgehead atoms. The predicted molar refractivity (Wildman–Crippen MR) is 85.0 cm³/mol. The number of hydrogen-bond donors (Lipinski definition) is 1. The summed E-state index contributed by atoms with van der Waals surface area (Å²) in [5.74, 6) is 0.175. The van der Waals surface area contributed by atoms with Crippen LogP contribution < -0.4 is 10.1 Å². The van der Waals surface area contributed by atoms with E-state index in [-0.39, 0.29) is 18.6 Å². The second kappa shape index (κ2) is 7.34. The molecule has 2 rings (SSSR count). The van der Waals surface area contributed by atoms with Crippen LogP contribution in [0.5, 0.6) is 5.75 Å². The predicted octanol–water partition coefficient (Wildman–Crippen LogP) is 4.25. The Hall–Kier alpha value is -1.71. The number of nitrogens with one attached hydrogen (secondary N) is 1. The highest BCUT2D eigenvalue weighted by atomic mass is 35.5. The third kappa shape index (κ3) is 4.38. The van der Waals surface area contributed by atoms with Gasteiger partial charge in [-0.1, -0.05) is 59.6 Å². The molecule has 0 unspecified atom stereocenters. The summed E-state index contributed by atoms with van der Waals surface area (Å²) in [5, 5.41) is 3.56. The maximum atomic E-state index is 11.9. The quantitative estimate of drug-likeness (QED) is 0.893. The largest absolute Gasteiger partial charge is 0.482 e. The van der Waals surface area contributed by atoms with Gasteiger partial charge in [0.1, 0.15) is 10.8 Å². The molecule has 0 fully saturated rings. The molecule has 1 atom stereocenters. The van der Waals surface area contributed by atoms with Crippen molar-refractivity contribution in [3.05, 3.63) is 64.1 Å². The van der Waals surface area contributed by atoms with Crippen molar-refractivity contribution < 1.29 is 9.53 Å². The lowest BCUT2D eigenvalue weighted by atomic mass is 10.1.